The van der Waals surface area contributed by atoms with Crippen molar-refractivity contribution in [2.75, 3.05) is 0 Å². The van der Waals surface area contributed by atoms with Gasteiger partial charge in [0.05, 0.1) is 0 Å². The Morgan fingerprint density at radius 1 is 0.889 bits per heavy atom. The quantitative estimate of drug-likeness (QED) is 0.153. The molecule has 17 heteroatoms. The van der Waals surface area contributed by atoms with Crippen molar-refractivity contribution in [2.24, 2.45) is 0 Å². The molecule has 0 aromatic heterocycles. The first-order valence-corrected chi connectivity index (χ1v) is 4.80. The summed E-state index contributed by atoms with van der Waals surface area (Å²) in [6.45, 7) is 0. The predicted octanol–water partition coefficient (Wildman–Crippen LogP) is -7.75. The Morgan fingerprint density at radius 2 is 0.889 bits per heavy atom. The topological polar surface area (TPSA) is 230 Å². The van der Waals surface area contributed by atoms with Gasteiger partial charge in [0.2, 0.25) is 0 Å². The maximum absolute atomic E-state index is 8.55. The summed E-state index contributed by atoms with van der Waals surface area (Å²) in [6.07, 6.45) is -2.33. The van der Waals surface area contributed by atoms with Crippen LogP contribution in [-0.4, -0.2) is 137 Å². The first kappa shape index (κ1) is 43.0. The standard InChI is InChI=1S/CH2O3.3Ca.Mn.H3O4P.H2O4S/c2-1(3)4;;;;;2*1-5(2,3)4/h(H2,2,3,4);;;;;(H3,1,2,3,4);(H2,1,2,3,4)/q;4*+2;;/p-7. The molecule has 0 aliphatic carbocycles. The van der Waals surface area contributed by atoms with E-state index in [1.807, 2.05) is 0 Å². The fraction of sp³-hybridized carbons (Fsp3) is 0. The third kappa shape index (κ3) is 534. The Balaban J connectivity index is -0.0000000183. The summed E-state index contributed by atoms with van der Waals surface area (Å²) < 4.78 is 42.6. The minimum atomic E-state index is -5.39. The van der Waals surface area contributed by atoms with Gasteiger partial charge in [0.25, 0.3) is 0 Å². The van der Waals surface area contributed by atoms with Crippen LogP contribution in [-0.2, 0) is 32.0 Å². The van der Waals surface area contributed by atoms with Crippen molar-refractivity contribution in [3.63, 3.8) is 0 Å². The summed E-state index contributed by atoms with van der Waals surface area (Å²) in [7, 11) is -10.6. The summed E-state index contributed by atoms with van der Waals surface area (Å²) in [6, 6.07) is 0. The molecule has 0 bridgehead atoms. The predicted molar refractivity (Wildman–Crippen MR) is 40.7 cm³/mol. The van der Waals surface area contributed by atoms with Crippen LogP contribution in [0.1, 0.15) is 0 Å². The molecule has 0 unspecified atom stereocenters. The van der Waals surface area contributed by atoms with Gasteiger partial charge in [-0.05, 0) is 6.16 Å². The van der Waals surface area contributed by atoms with Crippen LogP contribution in [0.4, 0.5) is 4.79 Å². The summed E-state index contributed by atoms with van der Waals surface area (Å²) in [5, 5.41) is 16.7. The molecule has 0 fully saturated rings. The van der Waals surface area contributed by atoms with E-state index in [-0.39, 0.29) is 130 Å². The van der Waals surface area contributed by atoms with E-state index >= 15 is 0 Å². The van der Waals surface area contributed by atoms with Gasteiger partial charge in [-0.2, -0.15) is 7.82 Å². The van der Waals surface area contributed by atoms with Crippen LogP contribution < -0.4 is 24.9 Å². The maximum Gasteiger partial charge on any atom is 2.00 e. The fourth-order valence-corrected chi connectivity index (χ4v) is 0. The Hall–Kier alpha value is 3.55. The van der Waals surface area contributed by atoms with Crippen molar-refractivity contribution in [1.29, 1.82) is 0 Å². The van der Waals surface area contributed by atoms with Crippen LogP contribution in [0.5, 0.6) is 0 Å². The average Bonchev–Trinajstić information content (AvgIpc) is 1.45. The van der Waals surface area contributed by atoms with E-state index in [1.54, 1.807) is 0 Å². The van der Waals surface area contributed by atoms with E-state index in [9.17, 15) is 0 Å². The van der Waals surface area contributed by atoms with Crippen molar-refractivity contribution >= 4 is 138 Å². The van der Waals surface area contributed by atoms with Crippen LogP contribution in [0.3, 0.4) is 0 Å². The van der Waals surface area contributed by atoms with Gasteiger partial charge >= 0.3 is 130 Å². The van der Waals surface area contributed by atoms with Gasteiger partial charge in [-0.1, -0.05) is 0 Å². The Morgan fingerprint density at radius 3 is 0.889 bits per heavy atom. The van der Waals surface area contributed by atoms with Crippen molar-refractivity contribution in [2.45, 2.75) is 0 Å². The molecule has 0 saturated carbocycles. The zero-order valence-corrected chi connectivity index (χ0v) is 17.9. The Kier molecular flexibility index (Phi) is 54.5. The van der Waals surface area contributed by atoms with Gasteiger partial charge in [0, 0.05) is 10.4 Å². The van der Waals surface area contributed by atoms with Crippen molar-refractivity contribution in [1.82, 2.24) is 0 Å². The van der Waals surface area contributed by atoms with Gasteiger partial charge in [-0.25, -0.2) is 0 Å². The zero-order chi connectivity index (χ0) is 12.6. The molecule has 0 heterocycles. The van der Waals surface area contributed by atoms with Crippen LogP contribution in [0.2, 0.25) is 0 Å². The van der Waals surface area contributed by atoms with E-state index in [2.05, 4.69) is 0 Å². The second-order valence-electron chi connectivity index (χ2n) is 1.11. The minimum absolute atomic E-state index is 0. The van der Waals surface area contributed by atoms with Crippen LogP contribution in [0, 0.1) is 0 Å². The number of phosphoric acid groups is 1. The molecule has 0 amide bonds. The van der Waals surface area contributed by atoms with Crippen LogP contribution in [0.25, 0.3) is 0 Å². The molecule has 0 atom stereocenters. The molecule has 0 N–H and O–H groups in total. The van der Waals surface area contributed by atoms with Gasteiger partial charge in [-0.15, -0.1) is 0 Å². The second kappa shape index (κ2) is 22.8. The molecule has 0 spiro atoms. The molecule has 0 rings (SSSR count). The minimum Gasteiger partial charge on any atom is -0.822 e. The maximum atomic E-state index is 8.55. The third-order valence-electron chi connectivity index (χ3n) is 0. The molecule has 0 aromatic carbocycles. The normalized spacial score (nSPS) is 7.83. The van der Waals surface area contributed by atoms with Crippen molar-refractivity contribution < 1.29 is 68.8 Å². The SMILES string of the molecule is O=C([O-])[O-].O=P([O-])([O-])[O-].O=S(=O)([O-])[O-].[Ca+2].[Ca+2].[Ca+2].[Mn+2]. The summed E-state index contributed by atoms with van der Waals surface area (Å²) in [5.74, 6) is 0. The molecule has 0 aromatic rings. The average molecular weight is 426 g/mol. The molecule has 18 heavy (non-hydrogen) atoms. The van der Waals surface area contributed by atoms with E-state index in [1.165, 1.54) is 0 Å². The molecule has 0 aliphatic rings. The molecular formula is CCa3MnO11PS+. The molecule has 11 nitrogen and oxygen atoms in total. The van der Waals surface area contributed by atoms with E-state index in [0.717, 1.165) is 0 Å². The van der Waals surface area contributed by atoms with E-state index in [0.29, 0.717) is 0 Å². The molecule has 0 aliphatic heterocycles. The number of hydrogen-bond acceptors (Lipinski definition) is 11. The number of hydrogen-bond donors (Lipinski definition) is 0. The van der Waals surface area contributed by atoms with E-state index in [4.69, 9.17) is 51.8 Å². The van der Waals surface area contributed by atoms with Crippen molar-refractivity contribution in [3.05, 3.63) is 0 Å². The number of rotatable bonds is 0. The number of carboxylic acid groups (broad SMARTS) is 2. The smallest absolute Gasteiger partial charge is 0.822 e. The fourth-order valence-electron chi connectivity index (χ4n) is 0. The van der Waals surface area contributed by atoms with Gasteiger partial charge in [0.1, 0.15) is 0 Å². The molecule has 93 valence electrons. The Labute approximate surface area is 202 Å². The monoisotopic (exact) mass is 426 g/mol. The van der Waals surface area contributed by atoms with Gasteiger partial charge < -0.3 is 43.4 Å². The summed E-state index contributed by atoms with van der Waals surface area (Å²) in [4.78, 5) is 34.0. The van der Waals surface area contributed by atoms with E-state index < -0.39 is 24.4 Å². The number of carbonyl (C=O) groups excluding carboxylic acids is 1. The first-order chi connectivity index (χ1) is 5.73. The summed E-state index contributed by atoms with van der Waals surface area (Å²) >= 11 is 0. The van der Waals surface area contributed by atoms with Crippen LogP contribution >= 0.6 is 7.82 Å². The second-order valence-corrected chi connectivity index (χ2v) is 2.82. The summed E-state index contributed by atoms with van der Waals surface area (Å²) in [5.41, 5.74) is 0. The largest absolute Gasteiger partial charge is 2.00 e. The Bertz CT molecular complexity index is 277. The van der Waals surface area contributed by atoms with Gasteiger partial charge in [-0.3, -0.25) is 8.42 Å². The van der Waals surface area contributed by atoms with Crippen LogP contribution in [0.15, 0.2) is 0 Å². The molecule has 0 saturated heterocycles. The van der Waals surface area contributed by atoms with Gasteiger partial charge in [0.15, 0.2) is 0 Å². The molecule has 1 radical (unpaired) electrons. The molecular weight excluding hydrogens is 426 g/mol. The zero-order valence-electron chi connectivity index (χ0n) is 8.35. The first-order valence-electron chi connectivity index (χ1n) is 2.01. The third-order valence-corrected chi connectivity index (χ3v) is 0. The number of carbonyl (C=O) groups is 1. The van der Waals surface area contributed by atoms with Crippen molar-refractivity contribution in [3.8, 4) is 0 Å².